The maximum absolute atomic E-state index is 13.4. The van der Waals surface area contributed by atoms with Crippen LogP contribution in [-0.2, 0) is 28.3 Å². The molecule has 10 nitrogen and oxygen atoms in total. The highest BCUT2D eigenvalue weighted by atomic mass is 32.2. The number of fused-ring (bicyclic) bond motifs is 1. The smallest absolute Gasteiger partial charge is 0.280 e. The molecule has 0 radical (unpaired) electrons. The predicted molar refractivity (Wildman–Crippen MR) is 150 cm³/mol. The standard InChI is InChI=1S/C28H43N5O5S/c1-20-14-33(21(2)18-34)28(35)13-23-12-24(30-39(36,37)27-17-32(4)19-29-27)10-11-25(23)38-26(20)16-31(3)15-22-8-6-5-7-9-22/h10-12,17,19-22,26,30,34H,5-9,13-16,18H2,1-4H3/t20-,21-,26+/m0/s1. The fourth-order valence-corrected chi connectivity index (χ4v) is 6.67. The minimum Gasteiger partial charge on any atom is -0.488 e. The molecule has 2 aromatic rings. The third kappa shape index (κ3) is 7.52. The summed E-state index contributed by atoms with van der Waals surface area (Å²) in [7, 11) is -0.0589. The van der Waals surface area contributed by atoms with Gasteiger partial charge in [-0.15, -0.1) is 0 Å². The van der Waals surface area contributed by atoms with Crippen LogP contribution in [0.1, 0.15) is 51.5 Å². The number of aliphatic hydroxyl groups is 1. The molecule has 1 aromatic carbocycles. The van der Waals surface area contributed by atoms with E-state index in [0.29, 0.717) is 36.0 Å². The average molecular weight is 562 g/mol. The second-order valence-corrected chi connectivity index (χ2v) is 13.0. The van der Waals surface area contributed by atoms with Crippen LogP contribution in [0.15, 0.2) is 35.7 Å². The van der Waals surface area contributed by atoms with E-state index in [-0.39, 0.29) is 42.0 Å². The average Bonchev–Trinajstić information content (AvgIpc) is 3.36. The van der Waals surface area contributed by atoms with Gasteiger partial charge >= 0.3 is 0 Å². The lowest BCUT2D eigenvalue weighted by atomic mass is 9.89. The number of imidazole rings is 1. The van der Waals surface area contributed by atoms with E-state index in [9.17, 15) is 18.3 Å². The number of hydrogen-bond acceptors (Lipinski definition) is 7. The largest absolute Gasteiger partial charge is 0.488 e. The second-order valence-electron chi connectivity index (χ2n) is 11.4. The maximum Gasteiger partial charge on any atom is 0.280 e. The van der Waals surface area contributed by atoms with Crippen LogP contribution >= 0.6 is 0 Å². The summed E-state index contributed by atoms with van der Waals surface area (Å²) in [5, 5.41) is 9.79. The molecule has 11 heteroatoms. The van der Waals surface area contributed by atoms with Gasteiger partial charge in [0.25, 0.3) is 10.0 Å². The van der Waals surface area contributed by atoms with Gasteiger partial charge in [-0.05, 0) is 50.9 Å². The number of rotatable bonds is 9. The van der Waals surface area contributed by atoms with Gasteiger partial charge in [-0.25, -0.2) is 4.98 Å². The number of nitrogens with one attached hydrogen (secondary N) is 1. The first-order chi connectivity index (χ1) is 18.6. The Morgan fingerprint density at radius 1 is 1.23 bits per heavy atom. The van der Waals surface area contributed by atoms with Crippen molar-refractivity contribution >= 4 is 21.6 Å². The molecule has 2 aliphatic rings. The van der Waals surface area contributed by atoms with Crippen LogP contribution in [0.5, 0.6) is 5.75 Å². The number of carbonyl (C=O) groups is 1. The maximum atomic E-state index is 13.4. The molecule has 1 amide bonds. The van der Waals surface area contributed by atoms with Gasteiger partial charge in [0.15, 0.2) is 5.03 Å². The van der Waals surface area contributed by atoms with E-state index in [1.165, 1.54) is 44.6 Å². The fourth-order valence-electron chi connectivity index (χ4n) is 5.64. The van der Waals surface area contributed by atoms with Crippen molar-refractivity contribution in [1.82, 2.24) is 19.4 Å². The van der Waals surface area contributed by atoms with Crippen LogP contribution in [-0.4, -0.2) is 84.2 Å². The second kappa shape index (κ2) is 12.7. The van der Waals surface area contributed by atoms with Crippen molar-refractivity contribution in [2.75, 3.05) is 38.0 Å². The SMILES string of the molecule is C[C@H]1CN([C@@H](C)CO)C(=O)Cc2cc(NS(=O)(=O)c3cn(C)cn3)ccc2O[C@@H]1CN(C)CC1CCCCC1. The van der Waals surface area contributed by atoms with Crippen LogP contribution in [0.3, 0.4) is 0 Å². The number of anilines is 1. The van der Waals surface area contributed by atoms with E-state index in [1.807, 2.05) is 6.92 Å². The molecule has 0 unspecified atom stereocenters. The van der Waals surface area contributed by atoms with Crippen molar-refractivity contribution in [1.29, 1.82) is 0 Å². The molecule has 39 heavy (non-hydrogen) atoms. The van der Waals surface area contributed by atoms with Crippen molar-refractivity contribution in [2.24, 2.45) is 18.9 Å². The summed E-state index contributed by atoms with van der Waals surface area (Å²) in [6.07, 6.45) is 9.15. The highest BCUT2D eigenvalue weighted by molar-refractivity contribution is 7.92. The van der Waals surface area contributed by atoms with Gasteiger partial charge in [-0.3, -0.25) is 9.52 Å². The molecule has 1 aromatic heterocycles. The van der Waals surface area contributed by atoms with Gasteiger partial charge in [-0.2, -0.15) is 8.42 Å². The monoisotopic (exact) mass is 561 g/mol. The lowest BCUT2D eigenvalue weighted by molar-refractivity contribution is -0.134. The van der Waals surface area contributed by atoms with Gasteiger partial charge in [-0.1, -0.05) is 26.2 Å². The topological polar surface area (TPSA) is 117 Å². The highest BCUT2D eigenvalue weighted by Crippen LogP contribution is 2.30. The number of aliphatic hydroxyl groups excluding tert-OH is 1. The van der Waals surface area contributed by atoms with E-state index in [0.717, 1.165) is 6.54 Å². The van der Waals surface area contributed by atoms with Gasteiger partial charge in [0.05, 0.1) is 25.4 Å². The molecule has 0 saturated heterocycles. The quantitative estimate of drug-likeness (QED) is 0.484. The summed E-state index contributed by atoms with van der Waals surface area (Å²) in [6, 6.07) is 4.72. The van der Waals surface area contributed by atoms with E-state index in [2.05, 4.69) is 28.6 Å². The van der Waals surface area contributed by atoms with Crippen LogP contribution in [0, 0.1) is 11.8 Å². The van der Waals surface area contributed by atoms with Crippen LogP contribution in [0.2, 0.25) is 0 Å². The summed E-state index contributed by atoms with van der Waals surface area (Å²) >= 11 is 0. The summed E-state index contributed by atoms with van der Waals surface area (Å²) in [5.74, 6) is 1.16. The van der Waals surface area contributed by atoms with Gasteiger partial charge in [0.2, 0.25) is 5.91 Å². The first kappa shape index (κ1) is 29.4. The molecule has 1 fully saturated rings. The molecular formula is C28H43N5O5S. The lowest BCUT2D eigenvalue weighted by Crippen LogP contribution is -2.48. The Hall–Kier alpha value is -2.63. The molecule has 216 valence electrons. The first-order valence-corrected chi connectivity index (χ1v) is 15.4. The number of nitrogens with zero attached hydrogens (tertiary/aromatic N) is 4. The molecule has 1 aliphatic carbocycles. The van der Waals surface area contributed by atoms with Gasteiger partial charge in [0, 0.05) is 50.0 Å². The number of aryl methyl sites for hydroxylation is 1. The van der Waals surface area contributed by atoms with Gasteiger partial charge in [0.1, 0.15) is 11.9 Å². The predicted octanol–water partition coefficient (Wildman–Crippen LogP) is 2.88. The summed E-state index contributed by atoms with van der Waals surface area (Å²) in [5.41, 5.74) is 0.932. The molecular weight excluding hydrogens is 518 g/mol. The van der Waals surface area contributed by atoms with E-state index in [1.54, 1.807) is 34.7 Å². The summed E-state index contributed by atoms with van der Waals surface area (Å²) in [6.45, 7) is 5.98. The molecule has 3 atom stereocenters. The fraction of sp³-hybridized carbons (Fsp3) is 0.643. The van der Waals surface area contributed by atoms with Gasteiger partial charge < -0.3 is 24.2 Å². The third-order valence-corrected chi connectivity index (χ3v) is 9.18. The normalized spacial score (nSPS) is 22.0. The number of benzene rings is 1. The Bertz CT molecular complexity index is 1230. The molecule has 1 aliphatic heterocycles. The minimum absolute atomic E-state index is 0.0186. The zero-order valence-corrected chi connectivity index (χ0v) is 24.4. The first-order valence-electron chi connectivity index (χ1n) is 13.9. The molecule has 0 bridgehead atoms. The van der Waals surface area contributed by atoms with E-state index < -0.39 is 10.0 Å². The molecule has 2 N–H and O–H groups in total. The number of carbonyl (C=O) groups excluding carboxylic acids is 1. The summed E-state index contributed by atoms with van der Waals surface area (Å²) in [4.78, 5) is 21.4. The molecule has 1 saturated carbocycles. The van der Waals surface area contributed by atoms with Crippen molar-refractivity contribution < 1.29 is 23.1 Å². The van der Waals surface area contributed by atoms with E-state index in [4.69, 9.17) is 4.74 Å². The Morgan fingerprint density at radius 3 is 2.64 bits per heavy atom. The Balaban J connectivity index is 1.60. The zero-order chi connectivity index (χ0) is 28.2. The van der Waals surface area contributed by atoms with Crippen molar-refractivity contribution in [3.63, 3.8) is 0 Å². The number of sulfonamides is 1. The number of ether oxygens (including phenoxy) is 1. The highest BCUT2D eigenvalue weighted by Gasteiger charge is 2.32. The minimum atomic E-state index is -3.89. The van der Waals surface area contributed by atoms with Crippen LogP contribution in [0.4, 0.5) is 5.69 Å². The summed E-state index contributed by atoms with van der Waals surface area (Å²) < 4.78 is 36.5. The Labute approximate surface area is 232 Å². The van der Waals surface area contributed by atoms with Crippen LogP contribution < -0.4 is 9.46 Å². The molecule has 2 heterocycles. The number of amides is 1. The Morgan fingerprint density at radius 2 is 1.97 bits per heavy atom. The van der Waals surface area contributed by atoms with E-state index >= 15 is 0 Å². The van der Waals surface area contributed by atoms with Crippen molar-refractivity contribution in [3.05, 3.63) is 36.3 Å². The third-order valence-electron chi connectivity index (χ3n) is 7.91. The zero-order valence-electron chi connectivity index (χ0n) is 23.5. The molecule has 0 spiro atoms. The number of likely N-dealkylation sites (N-methyl/N-ethyl adjacent to an activating group) is 1. The number of hydrogen-bond donors (Lipinski definition) is 2. The van der Waals surface area contributed by atoms with Crippen LogP contribution in [0.25, 0.3) is 0 Å². The molecule has 4 rings (SSSR count). The lowest BCUT2D eigenvalue weighted by Gasteiger charge is -2.35. The Kier molecular flexibility index (Phi) is 9.56. The van der Waals surface area contributed by atoms with Crippen molar-refractivity contribution in [2.45, 2.75) is 69.5 Å². The number of aromatic nitrogens is 2. The van der Waals surface area contributed by atoms with Crippen molar-refractivity contribution in [3.8, 4) is 5.75 Å².